The predicted octanol–water partition coefficient (Wildman–Crippen LogP) is 5.07. The number of piperidine rings is 1. The van der Waals surface area contributed by atoms with Gasteiger partial charge in [-0.25, -0.2) is 13.6 Å². The number of hydrogen-bond donors (Lipinski definition) is 2. The zero-order valence-corrected chi connectivity index (χ0v) is 16.1. The molecule has 1 aromatic heterocycles. The Morgan fingerprint density at radius 1 is 1.14 bits per heavy atom. The van der Waals surface area contributed by atoms with E-state index < -0.39 is 11.6 Å². The molecule has 2 aromatic carbocycles. The van der Waals surface area contributed by atoms with Crippen LogP contribution in [0, 0.1) is 18.6 Å². The molecule has 0 saturated carbocycles. The van der Waals surface area contributed by atoms with Crippen LogP contribution in [0.4, 0.5) is 19.3 Å². The first-order valence-corrected chi connectivity index (χ1v) is 9.63. The van der Waals surface area contributed by atoms with Crippen molar-refractivity contribution in [2.45, 2.75) is 25.7 Å². The number of benzene rings is 2. The lowest BCUT2D eigenvalue weighted by Gasteiger charge is -2.31. The molecule has 0 spiro atoms. The number of carbonyl (C=O) groups excluding carboxylic acids is 1. The highest BCUT2D eigenvalue weighted by Gasteiger charge is 2.25. The fourth-order valence-electron chi connectivity index (χ4n) is 3.68. The summed E-state index contributed by atoms with van der Waals surface area (Å²) in [4.78, 5) is 14.1. The Balaban J connectivity index is 1.36. The quantitative estimate of drug-likeness (QED) is 0.649. The number of likely N-dealkylation sites (tertiary alicyclic amines) is 1. The summed E-state index contributed by atoms with van der Waals surface area (Å²) in [5.74, 6) is -1.17. The van der Waals surface area contributed by atoms with Crippen LogP contribution in [-0.4, -0.2) is 34.2 Å². The molecule has 2 amide bonds. The molecule has 1 fully saturated rings. The van der Waals surface area contributed by atoms with Crippen LogP contribution >= 0.6 is 0 Å². The van der Waals surface area contributed by atoms with E-state index in [1.54, 1.807) is 4.90 Å². The second kappa shape index (κ2) is 8.03. The Morgan fingerprint density at radius 3 is 2.66 bits per heavy atom. The van der Waals surface area contributed by atoms with E-state index in [1.165, 1.54) is 11.6 Å². The van der Waals surface area contributed by atoms with E-state index in [0.29, 0.717) is 13.1 Å². The number of anilines is 1. The van der Waals surface area contributed by atoms with Crippen molar-refractivity contribution in [2.24, 2.45) is 0 Å². The Labute approximate surface area is 167 Å². The van der Waals surface area contributed by atoms with Crippen molar-refractivity contribution in [2.75, 3.05) is 18.4 Å². The normalized spacial score (nSPS) is 14.8. The standard InChI is InChI=1S/C22H22F2N4O/c1-14-3-2-4-16(11-14)21-13-20(26-27-21)15-7-9-28(10-8-15)22(29)25-19-6-5-17(23)12-18(19)24/h2-6,11-13,15H,7-10H2,1H3,(H,25,29)(H,26,27). The minimum absolute atomic E-state index is 0.0186. The Hall–Kier alpha value is -3.22. The molecule has 3 aromatic rings. The van der Waals surface area contributed by atoms with Gasteiger partial charge in [-0.15, -0.1) is 0 Å². The highest BCUT2D eigenvalue weighted by Crippen LogP contribution is 2.30. The third kappa shape index (κ3) is 4.29. The van der Waals surface area contributed by atoms with Crippen LogP contribution in [0.2, 0.25) is 0 Å². The molecule has 5 nitrogen and oxygen atoms in total. The fraction of sp³-hybridized carbons (Fsp3) is 0.273. The maximum absolute atomic E-state index is 13.7. The molecule has 0 bridgehead atoms. The van der Waals surface area contributed by atoms with Crippen LogP contribution in [0.5, 0.6) is 0 Å². The maximum atomic E-state index is 13.7. The number of aromatic nitrogens is 2. The van der Waals surface area contributed by atoms with Crippen LogP contribution in [0.25, 0.3) is 11.3 Å². The van der Waals surface area contributed by atoms with E-state index in [4.69, 9.17) is 0 Å². The van der Waals surface area contributed by atoms with E-state index in [9.17, 15) is 13.6 Å². The number of urea groups is 1. The molecule has 150 valence electrons. The smallest absolute Gasteiger partial charge is 0.321 e. The first-order chi connectivity index (χ1) is 14.0. The number of hydrogen-bond acceptors (Lipinski definition) is 2. The van der Waals surface area contributed by atoms with E-state index >= 15 is 0 Å². The van der Waals surface area contributed by atoms with Crippen molar-refractivity contribution >= 4 is 11.7 Å². The van der Waals surface area contributed by atoms with Crippen molar-refractivity contribution in [3.63, 3.8) is 0 Å². The van der Waals surface area contributed by atoms with Gasteiger partial charge in [0.25, 0.3) is 0 Å². The van der Waals surface area contributed by atoms with Gasteiger partial charge in [0, 0.05) is 36.3 Å². The Morgan fingerprint density at radius 2 is 1.93 bits per heavy atom. The van der Waals surface area contributed by atoms with Crippen molar-refractivity contribution in [1.82, 2.24) is 15.1 Å². The van der Waals surface area contributed by atoms with E-state index in [2.05, 4.69) is 40.6 Å². The molecule has 1 saturated heterocycles. The number of nitrogens with zero attached hydrogens (tertiary/aromatic N) is 2. The molecular formula is C22H22F2N4O. The Kier molecular flexibility index (Phi) is 5.29. The largest absolute Gasteiger partial charge is 0.324 e. The zero-order valence-electron chi connectivity index (χ0n) is 16.1. The fourth-order valence-corrected chi connectivity index (χ4v) is 3.68. The van der Waals surface area contributed by atoms with Gasteiger partial charge in [-0.2, -0.15) is 5.10 Å². The summed E-state index contributed by atoms with van der Waals surface area (Å²) in [6.07, 6.45) is 1.57. The zero-order chi connectivity index (χ0) is 20.4. The maximum Gasteiger partial charge on any atom is 0.321 e. The molecule has 1 aliphatic rings. The van der Waals surface area contributed by atoms with E-state index in [-0.39, 0.29) is 17.6 Å². The van der Waals surface area contributed by atoms with Crippen molar-refractivity contribution in [3.8, 4) is 11.3 Å². The number of aromatic amines is 1. The molecule has 2 heterocycles. The van der Waals surface area contributed by atoms with Crippen LogP contribution < -0.4 is 5.32 Å². The van der Waals surface area contributed by atoms with Gasteiger partial charge in [0.1, 0.15) is 11.6 Å². The van der Waals surface area contributed by atoms with Crippen molar-refractivity contribution in [1.29, 1.82) is 0 Å². The highest BCUT2D eigenvalue weighted by molar-refractivity contribution is 5.89. The SMILES string of the molecule is Cc1cccc(-c2cc(C3CCN(C(=O)Nc4ccc(F)cc4F)CC3)[nH]n2)c1. The summed E-state index contributed by atoms with van der Waals surface area (Å²) in [6, 6.07) is 13.0. The second-order valence-electron chi connectivity index (χ2n) is 7.39. The molecule has 0 unspecified atom stereocenters. The summed E-state index contributed by atoms with van der Waals surface area (Å²) in [6.45, 7) is 3.16. The third-order valence-electron chi connectivity index (χ3n) is 5.31. The van der Waals surface area contributed by atoms with Crippen molar-refractivity contribution in [3.05, 3.63) is 71.4 Å². The molecule has 7 heteroatoms. The van der Waals surface area contributed by atoms with Crippen molar-refractivity contribution < 1.29 is 13.6 Å². The number of rotatable bonds is 3. The van der Waals surface area contributed by atoms with Gasteiger partial charge in [-0.05, 0) is 44.0 Å². The lowest BCUT2D eigenvalue weighted by molar-refractivity contribution is 0.194. The predicted molar refractivity (Wildman–Crippen MR) is 108 cm³/mol. The molecular weight excluding hydrogens is 374 g/mol. The molecule has 0 aliphatic carbocycles. The van der Waals surface area contributed by atoms with Gasteiger partial charge in [-0.3, -0.25) is 5.10 Å². The van der Waals surface area contributed by atoms with Gasteiger partial charge in [0.05, 0.1) is 11.4 Å². The van der Waals surface area contributed by atoms with Crippen LogP contribution in [0.15, 0.2) is 48.5 Å². The van der Waals surface area contributed by atoms with Gasteiger partial charge in [0.2, 0.25) is 0 Å². The summed E-state index contributed by atoms with van der Waals surface area (Å²) in [5, 5.41) is 10.1. The lowest BCUT2D eigenvalue weighted by atomic mass is 9.93. The molecule has 29 heavy (non-hydrogen) atoms. The summed E-state index contributed by atoms with van der Waals surface area (Å²) in [5.41, 5.74) is 4.21. The average Bonchev–Trinajstić information content (AvgIpc) is 3.20. The average molecular weight is 396 g/mol. The van der Waals surface area contributed by atoms with Crippen LogP contribution in [0.1, 0.15) is 30.0 Å². The topological polar surface area (TPSA) is 61.0 Å². The summed E-state index contributed by atoms with van der Waals surface area (Å²) < 4.78 is 26.7. The molecule has 0 atom stereocenters. The molecule has 0 radical (unpaired) electrons. The molecule has 2 N–H and O–H groups in total. The monoisotopic (exact) mass is 396 g/mol. The lowest BCUT2D eigenvalue weighted by Crippen LogP contribution is -2.40. The summed E-state index contributed by atoms with van der Waals surface area (Å²) >= 11 is 0. The number of amides is 2. The van der Waals surface area contributed by atoms with Crippen LogP contribution in [-0.2, 0) is 0 Å². The highest BCUT2D eigenvalue weighted by atomic mass is 19.1. The molecule has 1 aliphatic heterocycles. The van der Waals surface area contributed by atoms with Gasteiger partial charge in [-0.1, -0.05) is 23.8 Å². The van der Waals surface area contributed by atoms with Gasteiger partial charge >= 0.3 is 6.03 Å². The van der Waals surface area contributed by atoms with Gasteiger partial charge in [0.15, 0.2) is 0 Å². The number of halogens is 2. The number of aryl methyl sites for hydroxylation is 1. The number of nitrogens with one attached hydrogen (secondary N) is 2. The van der Waals surface area contributed by atoms with E-state index in [0.717, 1.165) is 41.9 Å². The summed E-state index contributed by atoms with van der Waals surface area (Å²) in [7, 11) is 0. The third-order valence-corrected chi connectivity index (χ3v) is 5.31. The minimum atomic E-state index is -0.783. The number of carbonyl (C=O) groups is 1. The second-order valence-corrected chi connectivity index (χ2v) is 7.39. The van der Waals surface area contributed by atoms with Crippen LogP contribution in [0.3, 0.4) is 0 Å². The van der Waals surface area contributed by atoms with E-state index in [1.807, 2.05) is 12.1 Å². The van der Waals surface area contributed by atoms with Gasteiger partial charge < -0.3 is 10.2 Å². The first-order valence-electron chi connectivity index (χ1n) is 9.63. The Bertz CT molecular complexity index is 1030. The number of H-pyrrole nitrogens is 1. The molecule has 4 rings (SSSR count). The first kappa shape index (κ1) is 19.1. The minimum Gasteiger partial charge on any atom is -0.324 e.